The first-order valence-electron chi connectivity index (χ1n) is 6.74. The summed E-state index contributed by atoms with van der Waals surface area (Å²) in [5, 5.41) is 8.91. The number of methoxy groups -OCH3 is 1. The van der Waals surface area contributed by atoms with E-state index in [1.54, 1.807) is 25.3 Å². The number of fused-ring (bicyclic) bond motifs is 1. The Hall–Kier alpha value is -2.12. The molecule has 0 radical (unpaired) electrons. The summed E-state index contributed by atoms with van der Waals surface area (Å²) in [6.45, 7) is 0.617. The van der Waals surface area contributed by atoms with Crippen LogP contribution in [0.2, 0.25) is 0 Å². The van der Waals surface area contributed by atoms with Gasteiger partial charge in [0.25, 0.3) is 0 Å². The number of nitriles is 1. The number of ether oxygens (including phenoxy) is 2. The lowest BCUT2D eigenvalue weighted by molar-refractivity contribution is 0.279. The van der Waals surface area contributed by atoms with Crippen LogP contribution in [0.4, 0.5) is 0 Å². The van der Waals surface area contributed by atoms with Crippen LogP contribution in [-0.4, -0.2) is 19.5 Å². The van der Waals surface area contributed by atoms with E-state index < -0.39 is 0 Å². The third-order valence-electron chi connectivity index (χ3n) is 3.53. The average molecular weight is 297 g/mol. The highest BCUT2D eigenvalue weighted by molar-refractivity contribution is 7.99. The Labute approximate surface area is 128 Å². The van der Waals surface area contributed by atoms with E-state index in [2.05, 4.69) is 30.3 Å². The van der Waals surface area contributed by atoms with Gasteiger partial charge in [-0.25, -0.2) is 0 Å². The lowest BCUT2D eigenvalue weighted by Gasteiger charge is -2.15. The molecule has 0 aliphatic carbocycles. The van der Waals surface area contributed by atoms with Crippen LogP contribution in [0.25, 0.3) is 0 Å². The molecule has 1 unspecified atom stereocenters. The molecule has 3 nitrogen and oxygen atoms in total. The molecule has 3 rings (SSSR count). The predicted molar refractivity (Wildman–Crippen MR) is 83.1 cm³/mol. The molecule has 0 bridgehead atoms. The molecule has 1 heterocycles. The number of benzene rings is 2. The maximum Gasteiger partial charge on any atom is 0.162 e. The summed E-state index contributed by atoms with van der Waals surface area (Å²) in [4.78, 5) is 1.35. The molecule has 0 N–H and O–H groups in total. The first kappa shape index (κ1) is 13.8. The Morgan fingerprint density at radius 3 is 2.90 bits per heavy atom. The maximum atomic E-state index is 8.91. The summed E-state index contributed by atoms with van der Waals surface area (Å²) in [7, 11) is 1.59. The Bertz CT molecular complexity index is 693. The molecule has 1 aliphatic heterocycles. The topological polar surface area (TPSA) is 42.2 Å². The van der Waals surface area contributed by atoms with Gasteiger partial charge in [0.15, 0.2) is 11.5 Å². The second-order valence-corrected chi connectivity index (χ2v) is 5.90. The fourth-order valence-electron chi connectivity index (χ4n) is 2.41. The van der Waals surface area contributed by atoms with Gasteiger partial charge in [-0.15, -0.1) is 11.8 Å². The van der Waals surface area contributed by atoms with Crippen molar-refractivity contribution in [2.75, 3.05) is 19.5 Å². The SMILES string of the molecule is COc1cc(C#N)ccc1OCC1CSc2ccccc21. The van der Waals surface area contributed by atoms with Gasteiger partial charge >= 0.3 is 0 Å². The predicted octanol–water partition coefficient (Wildman–Crippen LogP) is 3.84. The van der Waals surface area contributed by atoms with Crippen molar-refractivity contribution < 1.29 is 9.47 Å². The third-order valence-corrected chi connectivity index (χ3v) is 4.78. The molecule has 0 spiro atoms. The van der Waals surface area contributed by atoms with Crippen LogP contribution in [0.3, 0.4) is 0 Å². The lowest BCUT2D eigenvalue weighted by Crippen LogP contribution is -2.10. The molecule has 0 aromatic heterocycles. The van der Waals surface area contributed by atoms with E-state index in [0.717, 1.165) is 5.75 Å². The summed E-state index contributed by atoms with van der Waals surface area (Å²) in [6.07, 6.45) is 0. The first-order valence-corrected chi connectivity index (χ1v) is 7.73. The smallest absolute Gasteiger partial charge is 0.162 e. The highest BCUT2D eigenvalue weighted by Gasteiger charge is 2.23. The van der Waals surface area contributed by atoms with Crippen molar-refractivity contribution in [1.29, 1.82) is 5.26 Å². The second-order valence-electron chi connectivity index (χ2n) is 4.83. The molecule has 0 saturated carbocycles. The molecule has 4 heteroatoms. The quantitative estimate of drug-likeness (QED) is 0.860. The zero-order valence-electron chi connectivity index (χ0n) is 11.7. The van der Waals surface area contributed by atoms with Crippen LogP contribution in [0.5, 0.6) is 11.5 Å². The van der Waals surface area contributed by atoms with Crippen LogP contribution in [-0.2, 0) is 0 Å². The van der Waals surface area contributed by atoms with Crippen molar-refractivity contribution in [3.63, 3.8) is 0 Å². The number of nitrogens with zero attached hydrogens (tertiary/aromatic N) is 1. The average Bonchev–Trinajstić information content (AvgIpc) is 2.96. The number of hydrogen-bond acceptors (Lipinski definition) is 4. The van der Waals surface area contributed by atoms with Crippen molar-refractivity contribution >= 4 is 11.8 Å². The van der Waals surface area contributed by atoms with Gasteiger partial charge in [0.1, 0.15) is 0 Å². The molecule has 2 aromatic rings. The minimum atomic E-state index is 0.395. The normalized spacial score (nSPS) is 16.1. The lowest BCUT2D eigenvalue weighted by atomic mass is 10.0. The van der Waals surface area contributed by atoms with Crippen LogP contribution >= 0.6 is 11.8 Å². The molecule has 0 saturated heterocycles. The van der Waals surface area contributed by atoms with Gasteiger partial charge in [0, 0.05) is 22.6 Å². The molecule has 0 amide bonds. The first-order chi connectivity index (χ1) is 10.3. The van der Waals surface area contributed by atoms with Crippen LogP contribution < -0.4 is 9.47 Å². The maximum absolute atomic E-state index is 8.91. The summed E-state index contributed by atoms with van der Waals surface area (Å²) < 4.78 is 11.2. The largest absolute Gasteiger partial charge is 0.493 e. The fraction of sp³-hybridized carbons (Fsp3) is 0.235. The summed E-state index contributed by atoms with van der Waals surface area (Å²) in [6, 6.07) is 15.8. The zero-order chi connectivity index (χ0) is 14.7. The molecule has 0 fully saturated rings. The van der Waals surface area contributed by atoms with Crippen LogP contribution in [0, 0.1) is 11.3 Å². The van der Waals surface area contributed by atoms with E-state index in [1.165, 1.54) is 10.5 Å². The summed E-state index contributed by atoms with van der Waals surface area (Å²) in [5.74, 6) is 2.73. The van der Waals surface area contributed by atoms with Crippen molar-refractivity contribution in [3.05, 3.63) is 53.6 Å². The molecule has 1 atom stereocenters. The summed E-state index contributed by atoms with van der Waals surface area (Å²) >= 11 is 1.87. The van der Waals surface area contributed by atoms with E-state index in [0.29, 0.717) is 29.6 Å². The molecule has 21 heavy (non-hydrogen) atoms. The van der Waals surface area contributed by atoms with Gasteiger partial charge in [0.2, 0.25) is 0 Å². The van der Waals surface area contributed by atoms with Crippen molar-refractivity contribution in [1.82, 2.24) is 0 Å². The summed E-state index contributed by atoms with van der Waals surface area (Å²) in [5.41, 5.74) is 1.93. The molecule has 106 valence electrons. The van der Waals surface area contributed by atoms with E-state index in [4.69, 9.17) is 14.7 Å². The highest BCUT2D eigenvalue weighted by Crippen LogP contribution is 2.40. The Morgan fingerprint density at radius 2 is 2.10 bits per heavy atom. The van der Waals surface area contributed by atoms with E-state index in [9.17, 15) is 0 Å². The van der Waals surface area contributed by atoms with Crippen molar-refractivity contribution in [3.8, 4) is 17.6 Å². The molecular formula is C17H15NO2S. The highest BCUT2D eigenvalue weighted by atomic mass is 32.2. The van der Waals surface area contributed by atoms with Crippen LogP contribution in [0.1, 0.15) is 17.0 Å². The van der Waals surface area contributed by atoms with E-state index in [1.807, 2.05) is 11.8 Å². The minimum Gasteiger partial charge on any atom is -0.493 e. The van der Waals surface area contributed by atoms with E-state index >= 15 is 0 Å². The van der Waals surface area contributed by atoms with Gasteiger partial charge in [-0.2, -0.15) is 5.26 Å². The molecule has 2 aromatic carbocycles. The van der Waals surface area contributed by atoms with Gasteiger partial charge in [0.05, 0.1) is 25.3 Å². The van der Waals surface area contributed by atoms with Gasteiger partial charge in [-0.05, 0) is 23.8 Å². The van der Waals surface area contributed by atoms with E-state index in [-0.39, 0.29) is 0 Å². The third kappa shape index (κ3) is 2.84. The Morgan fingerprint density at radius 1 is 1.24 bits per heavy atom. The van der Waals surface area contributed by atoms with Gasteiger partial charge < -0.3 is 9.47 Å². The molecular weight excluding hydrogens is 282 g/mol. The monoisotopic (exact) mass is 297 g/mol. The van der Waals surface area contributed by atoms with Gasteiger partial charge in [-0.3, -0.25) is 0 Å². The van der Waals surface area contributed by atoms with Crippen LogP contribution in [0.15, 0.2) is 47.4 Å². The second kappa shape index (κ2) is 6.11. The van der Waals surface area contributed by atoms with Crippen molar-refractivity contribution in [2.24, 2.45) is 0 Å². The Balaban J connectivity index is 1.73. The molecule has 1 aliphatic rings. The van der Waals surface area contributed by atoms with Gasteiger partial charge in [-0.1, -0.05) is 18.2 Å². The number of rotatable bonds is 4. The number of thioether (sulfide) groups is 1. The van der Waals surface area contributed by atoms with Crippen molar-refractivity contribution in [2.45, 2.75) is 10.8 Å². The zero-order valence-corrected chi connectivity index (χ0v) is 12.5. The minimum absolute atomic E-state index is 0.395. The Kier molecular flexibility index (Phi) is 4.03. The number of hydrogen-bond donors (Lipinski definition) is 0. The standard InChI is InChI=1S/C17H15NO2S/c1-19-16-8-12(9-18)6-7-15(16)20-10-13-11-21-17-5-3-2-4-14(13)17/h2-8,13H,10-11H2,1H3. The fourth-order valence-corrected chi connectivity index (χ4v) is 3.65.